The summed E-state index contributed by atoms with van der Waals surface area (Å²) in [6.07, 6.45) is -0.527. The summed E-state index contributed by atoms with van der Waals surface area (Å²) in [4.78, 5) is 4.16. The van der Waals surface area contributed by atoms with E-state index in [0.29, 0.717) is 6.61 Å². The fourth-order valence-corrected chi connectivity index (χ4v) is 2.12. The highest BCUT2D eigenvalue weighted by Gasteiger charge is 2.09. The van der Waals surface area contributed by atoms with Gasteiger partial charge in [0.2, 0.25) is 0 Å². The van der Waals surface area contributed by atoms with Crippen molar-refractivity contribution >= 4 is 11.3 Å². The summed E-state index contributed by atoms with van der Waals surface area (Å²) in [6, 6.07) is 5.81. The van der Waals surface area contributed by atoms with Crippen LogP contribution in [0.3, 0.4) is 0 Å². The fourth-order valence-electron chi connectivity index (χ4n) is 1.57. The minimum Gasteiger partial charge on any atom is -0.487 e. The monoisotopic (exact) mass is 249 g/mol. The molecule has 2 aromatic rings. The van der Waals surface area contributed by atoms with Gasteiger partial charge in [-0.25, -0.2) is 4.98 Å². The Morgan fingerprint density at radius 1 is 1.47 bits per heavy atom. The Morgan fingerprint density at radius 3 is 2.94 bits per heavy atom. The van der Waals surface area contributed by atoms with E-state index in [9.17, 15) is 5.11 Å². The smallest absolute Gasteiger partial charge is 0.131 e. The number of aryl methyl sites for hydroxylation is 1. The largest absolute Gasteiger partial charge is 0.487 e. The number of aromatic nitrogens is 1. The number of aliphatic hydroxyl groups excluding tert-OH is 1. The van der Waals surface area contributed by atoms with E-state index in [1.54, 1.807) is 23.8 Å². The van der Waals surface area contributed by atoms with Gasteiger partial charge in [-0.3, -0.25) is 0 Å². The van der Waals surface area contributed by atoms with Crippen molar-refractivity contribution in [2.45, 2.75) is 26.6 Å². The van der Waals surface area contributed by atoms with Crippen LogP contribution in [0.2, 0.25) is 0 Å². The first kappa shape index (κ1) is 12.1. The van der Waals surface area contributed by atoms with E-state index in [-0.39, 0.29) is 0 Å². The molecule has 90 valence electrons. The average molecular weight is 249 g/mol. The minimum absolute atomic E-state index is 0.437. The average Bonchev–Trinajstić information content (AvgIpc) is 2.78. The normalized spacial score (nSPS) is 12.4. The van der Waals surface area contributed by atoms with Crippen molar-refractivity contribution in [2.24, 2.45) is 0 Å². The second kappa shape index (κ2) is 5.29. The number of nitrogens with zero attached hydrogens (tertiary/aromatic N) is 1. The quantitative estimate of drug-likeness (QED) is 0.905. The lowest BCUT2D eigenvalue weighted by Crippen LogP contribution is -2.01. The number of hydrogen-bond donors (Lipinski definition) is 1. The van der Waals surface area contributed by atoms with E-state index in [4.69, 9.17) is 4.74 Å². The van der Waals surface area contributed by atoms with Gasteiger partial charge in [0.15, 0.2) is 0 Å². The molecule has 0 aliphatic heterocycles. The van der Waals surface area contributed by atoms with Gasteiger partial charge in [-0.05, 0) is 25.5 Å². The Labute approximate surface area is 105 Å². The van der Waals surface area contributed by atoms with E-state index >= 15 is 0 Å². The summed E-state index contributed by atoms with van der Waals surface area (Å²) < 4.78 is 5.71. The molecule has 0 amide bonds. The molecule has 2 rings (SSSR count). The number of thiazole rings is 1. The van der Waals surface area contributed by atoms with Gasteiger partial charge in [0.25, 0.3) is 0 Å². The molecule has 1 heterocycles. The summed E-state index contributed by atoms with van der Waals surface area (Å²) in [6.45, 7) is 4.18. The Morgan fingerprint density at radius 2 is 2.29 bits per heavy atom. The third-order valence-electron chi connectivity index (χ3n) is 2.48. The first-order valence-corrected chi connectivity index (χ1v) is 6.39. The van der Waals surface area contributed by atoms with E-state index < -0.39 is 6.10 Å². The van der Waals surface area contributed by atoms with Crippen molar-refractivity contribution in [2.75, 3.05) is 0 Å². The van der Waals surface area contributed by atoms with Crippen LogP contribution >= 0.6 is 11.3 Å². The number of ether oxygens (including phenoxy) is 1. The highest BCUT2D eigenvalue weighted by atomic mass is 32.1. The first-order chi connectivity index (χ1) is 8.16. The first-order valence-electron chi connectivity index (χ1n) is 5.45. The number of aliphatic hydroxyl groups is 1. The Bertz CT molecular complexity index is 480. The topological polar surface area (TPSA) is 42.4 Å². The van der Waals surface area contributed by atoms with Crippen molar-refractivity contribution < 1.29 is 9.84 Å². The molecule has 1 unspecified atom stereocenters. The molecular formula is C13H15NO2S. The maximum atomic E-state index is 9.66. The van der Waals surface area contributed by atoms with Gasteiger partial charge < -0.3 is 9.84 Å². The standard InChI is InChI=1S/C13H15NO2S/c1-9-3-4-12(10(2)15)13(5-9)16-6-11-7-17-8-14-11/h3-5,7-8,10,15H,6H2,1-2H3. The van der Waals surface area contributed by atoms with Crippen LogP contribution in [0.25, 0.3) is 0 Å². The molecule has 1 N–H and O–H groups in total. The molecule has 0 aliphatic rings. The van der Waals surface area contributed by atoms with Crippen molar-refractivity contribution in [3.05, 3.63) is 45.9 Å². The lowest BCUT2D eigenvalue weighted by atomic mass is 10.1. The summed E-state index contributed by atoms with van der Waals surface area (Å²) in [5.41, 5.74) is 4.62. The van der Waals surface area contributed by atoms with Crippen molar-refractivity contribution in [3.63, 3.8) is 0 Å². The number of hydrogen-bond acceptors (Lipinski definition) is 4. The Hall–Kier alpha value is -1.39. The van der Waals surface area contributed by atoms with Gasteiger partial charge in [0.05, 0.1) is 17.3 Å². The summed E-state index contributed by atoms with van der Waals surface area (Å²) in [7, 11) is 0. The van der Waals surface area contributed by atoms with E-state index in [1.165, 1.54) is 0 Å². The van der Waals surface area contributed by atoms with Crippen LogP contribution < -0.4 is 4.74 Å². The molecule has 0 radical (unpaired) electrons. The third kappa shape index (κ3) is 3.05. The lowest BCUT2D eigenvalue weighted by molar-refractivity contribution is 0.190. The minimum atomic E-state index is -0.527. The van der Waals surface area contributed by atoms with E-state index in [0.717, 1.165) is 22.6 Å². The fraction of sp³-hybridized carbons (Fsp3) is 0.308. The second-order valence-corrected chi connectivity index (χ2v) is 4.70. The maximum absolute atomic E-state index is 9.66. The SMILES string of the molecule is Cc1ccc(C(C)O)c(OCc2cscn2)c1. The zero-order valence-corrected chi connectivity index (χ0v) is 10.7. The van der Waals surface area contributed by atoms with Gasteiger partial charge >= 0.3 is 0 Å². The summed E-state index contributed by atoms with van der Waals surface area (Å²) in [5.74, 6) is 0.730. The lowest BCUT2D eigenvalue weighted by Gasteiger charge is -2.13. The number of rotatable bonds is 4. The predicted octanol–water partition coefficient (Wildman–Crippen LogP) is 3.08. The zero-order chi connectivity index (χ0) is 12.3. The van der Waals surface area contributed by atoms with Crippen molar-refractivity contribution in [1.29, 1.82) is 0 Å². The molecular weight excluding hydrogens is 234 g/mol. The highest BCUT2D eigenvalue weighted by Crippen LogP contribution is 2.26. The van der Waals surface area contributed by atoms with Gasteiger partial charge in [-0.2, -0.15) is 0 Å². The van der Waals surface area contributed by atoms with Crippen LogP contribution in [0.5, 0.6) is 5.75 Å². The third-order valence-corrected chi connectivity index (χ3v) is 3.11. The van der Waals surface area contributed by atoms with E-state index in [2.05, 4.69) is 4.98 Å². The van der Waals surface area contributed by atoms with Crippen LogP contribution in [0, 0.1) is 6.92 Å². The van der Waals surface area contributed by atoms with Gasteiger partial charge in [-0.1, -0.05) is 12.1 Å². The van der Waals surface area contributed by atoms with Gasteiger partial charge in [-0.15, -0.1) is 11.3 Å². The Balaban J connectivity index is 2.16. The summed E-state index contributed by atoms with van der Waals surface area (Å²) in [5, 5.41) is 11.6. The number of benzene rings is 1. The predicted molar refractivity (Wildman–Crippen MR) is 68.3 cm³/mol. The molecule has 1 aromatic heterocycles. The molecule has 0 saturated heterocycles. The second-order valence-electron chi connectivity index (χ2n) is 3.99. The molecule has 1 atom stereocenters. The molecule has 0 spiro atoms. The van der Waals surface area contributed by atoms with Crippen LogP contribution in [0.4, 0.5) is 0 Å². The van der Waals surface area contributed by atoms with Crippen molar-refractivity contribution in [3.8, 4) is 5.75 Å². The molecule has 0 aliphatic carbocycles. The van der Waals surface area contributed by atoms with Crippen LogP contribution in [-0.2, 0) is 6.61 Å². The molecule has 3 nitrogen and oxygen atoms in total. The van der Waals surface area contributed by atoms with Crippen LogP contribution in [0.1, 0.15) is 29.8 Å². The molecule has 17 heavy (non-hydrogen) atoms. The van der Waals surface area contributed by atoms with Gasteiger partial charge in [0, 0.05) is 10.9 Å². The van der Waals surface area contributed by atoms with Crippen molar-refractivity contribution in [1.82, 2.24) is 4.98 Å². The highest BCUT2D eigenvalue weighted by molar-refractivity contribution is 7.07. The van der Waals surface area contributed by atoms with E-state index in [1.807, 2.05) is 30.5 Å². The molecule has 0 saturated carbocycles. The molecule has 4 heteroatoms. The molecule has 0 bridgehead atoms. The maximum Gasteiger partial charge on any atom is 0.131 e. The summed E-state index contributed by atoms with van der Waals surface area (Å²) >= 11 is 1.55. The van der Waals surface area contributed by atoms with Gasteiger partial charge in [0.1, 0.15) is 12.4 Å². The zero-order valence-electron chi connectivity index (χ0n) is 9.88. The molecule has 0 fully saturated rings. The van der Waals surface area contributed by atoms with Crippen LogP contribution in [-0.4, -0.2) is 10.1 Å². The molecule has 1 aromatic carbocycles. The Kier molecular flexibility index (Phi) is 3.76. The van der Waals surface area contributed by atoms with Crippen LogP contribution in [0.15, 0.2) is 29.1 Å².